The van der Waals surface area contributed by atoms with Gasteiger partial charge in [-0.25, -0.2) is 0 Å². The Hall–Kier alpha value is -1.06. The second-order valence-corrected chi connectivity index (χ2v) is 5.24. The van der Waals surface area contributed by atoms with Gasteiger partial charge in [0.15, 0.2) is 0 Å². The van der Waals surface area contributed by atoms with E-state index in [1.807, 2.05) is 7.11 Å². The van der Waals surface area contributed by atoms with E-state index in [0.29, 0.717) is 12.1 Å². The fourth-order valence-electron chi connectivity index (χ4n) is 2.53. The lowest BCUT2D eigenvalue weighted by Crippen LogP contribution is -2.26. The molecule has 1 aromatic rings. The Morgan fingerprint density at radius 1 is 1.21 bits per heavy atom. The molecular weight excluding hydrogens is 238 g/mol. The Balaban J connectivity index is 1.74. The Kier molecular flexibility index (Phi) is 5.67. The Morgan fingerprint density at radius 2 is 2.00 bits per heavy atom. The zero-order chi connectivity index (χ0) is 13.5. The Labute approximate surface area is 116 Å². The standard InChI is InChI=1S/C16H25NO2/c1-3-10-19-15-7-4-13(5-8-15)12-17-14-6-9-16(11-14)18-2/h4-5,7-8,14,16-17H,3,6,9-12H2,1-2H3. The molecule has 2 atom stereocenters. The van der Waals surface area contributed by atoms with Gasteiger partial charge in [-0.1, -0.05) is 19.1 Å². The van der Waals surface area contributed by atoms with Crippen LogP contribution in [0.25, 0.3) is 0 Å². The van der Waals surface area contributed by atoms with Crippen molar-refractivity contribution in [1.82, 2.24) is 5.32 Å². The molecule has 0 bridgehead atoms. The maximum atomic E-state index is 5.58. The number of hydrogen-bond acceptors (Lipinski definition) is 3. The van der Waals surface area contributed by atoms with Gasteiger partial charge in [-0.05, 0) is 43.4 Å². The van der Waals surface area contributed by atoms with Gasteiger partial charge in [0.25, 0.3) is 0 Å². The van der Waals surface area contributed by atoms with Gasteiger partial charge in [-0.3, -0.25) is 0 Å². The van der Waals surface area contributed by atoms with Crippen LogP contribution in [0, 0.1) is 0 Å². The monoisotopic (exact) mass is 263 g/mol. The highest BCUT2D eigenvalue weighted by molar-refractivity contribution is 5.27. The third-order valence-electron chi connectivity index (χ3n) is 3.71. The van der Waals surface area contributed by atoms with E-state index in [2.05, 4.69) is 36.5 Å². The highest BCUT2D eigenvalue weighted by Gasteiger charge is 2.23. The topological polar surface area (TPSA) is 30.5 Å². The minimum Gasteiger partial charge on any atom is -0.494 e. The summed E-state index contributed by atoms with van der Waals surface area (Å²) < 4.78 is 11.0. The first-order valence-corrected chi connectivity index (χ1v) is 7.29. The van der Waals surface area contributed by atoms with Crippen LogP contribution in [-0.2, 0) is 11.3 Å². The smallest absolute Gasteiger partial charge is 0.119 e. The molecule has 0 radical (unpaired) electrons. The fourth-order valence-corrected chi connectivity index (χ4v) is 2.53. The predicted molar refractivity (Wildman–Crippen MR) is 77.5 cm³/mol. The van der Waals surface area contributed by atoms with E-state index in [4.69, 9.17) is 9.47 Å². The zero-order valence-electron chi connectivity index (χ0n) is 12.0. The SMILES string of the molecule is CCCOc1ccc(CNC2CCC(OC)C2)cc1. The van der Waals surface area contributed by atoms with Gasteiger partial charge in [0.1, 0.15) is 5.75 Å². The molecule has 1 fully saturated rings. The highest BCUT2D eigenvalue weighted by atomic mass is 16.5. The van der Waals surface area contributed by atoms with Crippen LogP contribution in [0.3, 0.4) is 0 Å². The first kappa shape index (κ1) is 14.4. The van der Waals surface area contributed by atoms with Crippen molar-refractivity contribution in [2.24, 2.45) is 0 Å². The van der Waals surface area contributed by atoms with E-state index >= 15 is 0 Å². The van der Waals surface area contributed by atoms with Crippen molar-refractivity contribution in [1.29, 1.82) is 0 Å². The molecule has 3 heteroatoms. The maximum Gasteiger partial charge on any atom is 0.119 e. The van der Waals surface area contributed by atoms with Gasteiger partial charge in [-0.15, -0.1) is 0 Å². The molecular formula is C16H25NO2. The molecule has 0 heterocycles. The first-order chi connectivity index (χ1) is 9.31. The zero-order valence-corrected chi connectivity index (χ0v) is 12.0. The van der Waals surface area contributed by atoms with Gasteiger partial charge < -0.3 is 14.8 Å². The number of ether oxygens (including phenoxy) is 2. The molecule has 106 valence electrons. The van der Waals surface area contributed by atoms with Crippen molar-refractivity contribution in [2.45, 2.75) is 51.3 Å². The molecule has 0 spiro atoms. The van der Waals surface area contributed by atoms with Crippen LogP contribution >= 0.6 is 0 Å². The number of hydrogen-bond donors (Lipinski definition) is 1. The number of benzene rings is 1. The molecule has 1 saturated carbocycles. The molecule has 0 amide bonds. The summed E-state index contributed by atoms with van der Waals surface area (Å²) in [6.07, 6.45) is 5.02. The van der Waals surface area contributed by atoms with Gasteiger partial charge in [-0.2, -0.15) is 0 Å². The number of methoxy groups -OCH3 is 1. The lowest BCUT2D eigenvalue weighted by atomic mass is 10.2. The van der Waals surface area contributed by atoms with Gasteiger partial charge in [0, 0.05) is 19.7 Å². The summed E-state index contributed by atoms with van der Waals surface area (Å²) in [5.41, 5.74) is 1.31. The van der Waals surface area contributed by atoms with E-state index in [-0.39, 0.29) is 0 Å². The van der Waals surface area contributed by atoms with Crippen molar-refractivity contribution in [3.63, 3.8) is 0 Å². The van der Waals surface area contributed by atoms with Crippen LogP contribution in [0.1, 0.15) is 38.2 Å². The minimum atomic E-state index is 0.447. The molecule has 19 heavy (non-hydrogen) atoms. The normalized spacial score (nSPS) is 22.6. The van der Waals surface area contributed by atoms with Crippen LogP contribution in [0.5, 0.6) is 5.75 Å². The third-order valence-corrected chi connectivity index (χ3v) is 3.71. The summed E-state index contributed by atoms with van der Waals surface area (Å²) >= 11 is 0. The molecule has 0 aromatic heterocycles. The van der Waals surface area contributed by atoms with Crippen molar-refractivity contribution in [3.05, 3.63) is 29.8 Å². The number of nitrogens with one attached hydrogen (secondary N) is 1. The molecule has 0 saturated heterocycles. The largest absolute Gasteiger partial charge is 0.494 e. The molecule has 1 aromatic carbocycles. The van der Waals surface area contributed by atoms with Crippen molar-refractivity contribution < 1.29 is 9.47 Å². The molecule has 1 aliphatic carbocycles. The molecule has 2 unspecified atom stereocenters. The molecule has 2 rings (SSSR count). The van der Waals surface area contributed by atoms with E-state index < -0.39 is 0 Å². The van der Waals surface area contributed by atoms with Crippen LogP contribution in [0.4, 0.5) is 0 Å². The third kappa shape index (κ3) is 4.51. The lowest BCUT2D eigenvalue weighted by Gasteiger charge is -2.13. The second kappa shape index (κ2) is 7.51. The molecule has 0 aliphatic heterocycles. The summed E-state index contributed by atoms with van der Waals surface area (Å²) in [7, 11) is 1.81. The highest BCUT2D eigenvalue weighted by Crippen LogP contribution is 2.22. The average Bonchev–Trinajstić information content (AvgIpc) is 2.92. The quantitative estimate of drug-likeness (QED) is 0.820. The predicted octanol–water partition coefficient (Wildman–Crippen LogP) is 3.13. The molecule has 1 aliphatic rings. The minimum absolute atomic E-state index is 0.447. The summed E-state index contributed by atoms with van der Waals surface area (Å²) in [6.45, 7) is 3.83. The first-order valence-electron chi connectivity index (χ1n) is 7.29. The Morgan fingerprint density at radius 3 is 2.63 bits per heavy atom. The van der Waals surface area contributed by atoms with Crippen molar-refractivity contribution >= 4 is 0 Å². The van der Waals surface area contributed by atoms with Gasteiger partial charge in [0.2, 0.25) is 0 Å². The molecule has 1 N–H and O–H groups in total. The van der Waals surface area contributed by atoms with E-state index in [9.17, 15) is 0 Å². The second-order valence-electron chi connectivity index (χ2n) is 5.24. The van der Waals surface area contributed by atoms with Crippen molar-refractivity contribution in [2.75, 3.05) is 13.7 Å². The average molecular weight is 263 g/mol. The van der Waals surface area contributed by atoms with E-state index in [1.54, 1.807) is 0 Å². The number of rotatable bonds is 7. The van der Waals surface area contributed by atoms with Crippen LogP contribution in [0.15, 0.2) is 24.3 Å². The van der Waals surface area contributed by atoms with Crippen molar-refractivity contribution in [3.8, 4) is 5.75 Å². The summed E-state index contributed by atoms with van der Waals surface area (Å²) in [4.78, 5) is 0. The van der Waals surface area contributed by atoms with Gasteiger partial charge in [0.05, 0.1) is 12.7 Å². The lowest BCUT2D eigenvalue weighted by molar-refractivity contribution is 0.107. The van der Waals surface area contributed by atoms with Crippen LogP contribution < -0.4 is 10.1 Å². The summed E-state index contributed by atoms with van der Waals surface area (Å²) in [5, 5.41) is 3.60. The Bertz CT molecular complexity index is 364. The van der Waals surface area contributed by atoms with Gasteiger partial charge >= 0.3 is 0 Å². The summed E-state index contributed by atoms with van der Waals surface area (Å²) in [6, 6.07) is 8.99. The fraction of sp³-hybridized carbons (Fsp3) is 0.625. The van der Waals surface area contributed by atoms with Crippen LogP contribution in [-0.4, -0.2) is 25.9 Å². The summed E-state index contributed by atoms with van der Waals surface area (Å²) in [5.74, 6) is 0.964. The molecule has 3 nitrogen and oxygen atoms in total. The maximum absolute atomic E-state index is 5.58. The van der Waals surface area contributed by atoms with Crippen LogP contribution in [0.2, 0.25) is 0 Å². The van der Waals surface area contributed by atoms with E-state index in [1.165, 1.54) is 18.4 Å². The van der Waals surface area contributed by atoms with E-state index in [0.717, 1.165) is 31.7 Å².